The Morgan fingerprint density at radius 2 is 0.520 bits per heavy atom. The Bertz CT molecular complexity index is 2600. The first-order valence-electron chi connectivity index (χ1n) is 38.4. The van der Waals surface area contributed by atoms with Crippen LogP contribution in [0.1, 0.15) is 272 Å². The zero-order valence-corrected chi connectivity index (χ0v) is 64.8. The number of carbonyl (C=O) groups excluding carboxylic acids is 4. The highest BCUT2D eigenvalue weighted by atomic mass is 31.2. The highest BCUT2D eigenvalue weighted by molar-refractivity contribution is 7.47. The molecule has 578 valence electrons. The summed E-state index contributed by atoms with van der Waals surface area (Å²) in [4.78, 5) is 72.9. The van der Waals surface area contributed by atoms with E-state index in [2.05, 4.69) is 174 Å². The van der Waals surface area contributed by atoms with E-state index in [1.807, 2.05) is 12.2 Å². The number of carbonyl (C=O) groups is 4. The summed E-state index contributed by atoms with van der Waals surface area (Å²) in [7, 11) is -10.0. The topological polar surface area (TPSA) is 237 Å². The molecule has 5 atom stereocenters. The first-order chi connectivity index (χ1) is 49.7. The van der Waals surface area contributed by atoms with Crippen LogP contribution in [-0.2, 0) is 65.4 Å². The molecule has 0 aromatic carbocycles. The lowest BCUT2D eigenvalue weighted by molar-refractivity contribution is -0.161. The fraction of sp³-hybridized carbons (Fsp3) is 0.614. The average Bonchev–Trinajstić information content (AvgIpc) is 0.919. The molecule has 19 heteroatoms. The molecule has 0 rings (SSSR count). The maximum Gasteiger partial charge on any atom is 0.472 e. The van der Waals surface area contributed by atoms with E-state index in [1.54, 1.807) is 12.2 Å². The number of ether oxygens (including phenoxy) is 4. The molecule has 0 aromatic rings. The predicted molar refractivity (Wildman–Crippen MR) is 417 cm³/mol. The third kappa shape index (κ3) is 72.8. The van der Waals surface area contributed by atoms with Crippen LogP contribution >= 0.6 is 15.6 Å². The summed E-state index contributed by atoms with van der Waals surface area (Å²) in [6.45, 7) is 4.24. The molecule has 0 fully saturated rings. The fourth-order valence-electron chi connectivity index (χ4n) is 9.51. The number of phosphoric acid groups is 2. The van der Waals surface area contributed by atoms with Crippen LogP contribution in [0.15, 0.2) is 170 Å². The molecule has 3 N–H and O–H groups in total. The number of rotatable bonds is 70. The van der Waals surface area contributed by atoms with Crippen molar-refractivity contribution in [2.75, 3.05) is 39.6 Å². The van der Waals surface area contributed by atoms with Gasteiger partial charge in [-0.3, -0.25) is 37.3 Å². The Balaban J connectivity index is 5.47. The van der Waals surface area contributed by atoms with Crippen molar-refractivity contribution in [1.29, 1.82) is 0 Å². The number of hydrogen-bond acceptors (Lipinski definition) is 15. The van der Waals surface area contributed by atoms with E-state index in [0.29, 0.717) is 25.7 Å². The number of hydrogen-bond donors (Lipinski definition) is 3. The van der Waals surface area contributed by atoms with Gasteiger partial charge in [-0.2, -0.15) is 0 Å². The van der Waals surface area contributed by atoms with Crippen LogP contribution in [0, 0.1) is 0 Å². The van der Waals surface area contributed by atoms with Crippen molar-refractivity contribution in [3.8, 4) is 0 Å². The predicted octanol–water partition coefficient (Wildman–Crippen LogP) is 22.2. The van der Waals surface area contributed by atoms with Crippen LogP contribution in [-0.4, -0.2) is 96.7 Å². The molecule has 0 bridgehead atoms. The lowest BCUT2D eigenvalue weighted by atomic mass is 10.1. The molecule has 5 unspecified atom stereocenters. The van der Waals surface area contributed by atoms with Gasteiger partial charge < -0.3 is 33.8 Å². The van der Waals surface area contributed by atoms with Crippen molar-refractivity contribution in [2.24, 2.45) is 0 Å². The Labute approximate surface area is 616 Å². The Morgan fingerprint density at radius 1 is 0.284 bits per heavy atom. The van der Waals surface area contributed by atoms with Crippen LogP contribution < -0.4 is 0 Å². The molecule has 0 heterocycles. The zero-order valence-electron chi connectivity index (χ0n) is 63.0. The molecule has 102 heavy (non-hydrogen) atoms. The number of phosphoric ester groups is 2. The van der Waals surface area contributed by atoms with E-state index < -0.39 is 97.5 Å². The SMILES string of the molecule is CC/C=C\C/C=C\C/C=C\C/C=C\C/C=C\CC(=O)OC(COC(=O)CCCCCCCCC/C=C\C/C=C\C/C=C\CC)COP(=O)(O)OCC(O)COP(=O)(O)OCC(COC(=O)CCCCCCC/C=C\C/C=C\C/C=C\CC)OC(=O)CCCCCCC/C=C\C/C=C\C/C=C\CC. The van der Waals surface area contributed by atoms with E-state index >= 15 is 0 Å². The van der Waals surface area contributed by atoms with Crippen molar-refractivity contribution >= 4 is 39.5 Å². The van der Waals surface area contributed by atoms with E-state index in [0.717, 1.165) is 193 Å². The Hall–Kier alpha value is -5.58. The van der Waals surface area contributed by atoms with Gasteiger partial charge in [0.15, 0.2) is 12.2 Å². The summed E-state index contributed by atoms with van der Waals surface area (Å²) in [6.07, 6.45) is 86.6. The number of aliphatic hydroxyl groups excluding tert-OH is 1. The maximum atomic E-state index is 13.1. The number of allylic oxidation sites excluding steroid dienone is 27. The molecule has 0 spiro atoms. The Morgan fingerprint density at radius 3 is 0.824 bits per heavy atom. The van der Waals surface area contributed by atoms with E-state index in [-0.39, 0.29) is 25.7 Å². The van der Waals surface area contributed by atoms with Gasteiger partial charge in [0, 0.05) is 19.3 Å². The van der Waals surface area contributed by atoms with Gasteiger partial charge in [-0.1, -0.05) is 268 Å². The van der Waals surface area contributed by atoms with Crippen molar-refractivity contribution in [2.45, 2.75) is 290 Å². The largest absolute Gasteiger partial charge is 0.472 e. The van der Waals surface area contributed by atoms with E-state index in [1.165, 1.54) is 0 Å². The van der Waals surface area contributed by atoms with Gasteiger partial charge in [0.1, 0.15) is 19.3 Å². The van der Waals surface area contributed by atoms with Crippen molar-refractivity contribution in [1.82, 2.24) is 0 Å². The molecule has 0 aliphatic heterocycles. The smallest absolute Gasteiger partial charge is 0.462 e. The molecule has 0 saturated heterocycles. The molecule has 0 amide bonds. The van der Waals surface area contributed by atoms with Crippen LogP contribution in [0.25, 0.3) is 0 Å². The summed E-state index contributed by atoms with van der Waals surface area (Å²) in [5.41, 5.74) is 0. The first-order valence-corrected chi connectivity index (χ1v) is 41.4. The lowest BCUT2D eigenvalue weighted by Crippen LogP contribution is -2.30. The molecule has 0 saturated carbocycles. The minimum atomic E-state index is -5.01. The van der Waals surface area contributed by atoms with Crippen molar-refractivity contribution in [3.63, 3.8) is 0 Å². The normalized spacial score (nSPS) is 14.9. The third-order valence-corrected chi connectivity index (χ3v) is 17.1. The number of esters is 4. The monoisotopic (exact) mass is 1460 g/mol. The van der Waals surface area contributed by atoms with Crippen LogP contribution in [0.5, 0.6) is 0 Å². The summed E-state index contributed by atoms with van der Waals surface area (Å²) < 4.78 is 68.4. The van der Waals surface area contributed by atoms with Gasteiger partial charge in [-0.25, -0.2) is 9.13 Å². The standard InChI is InChI=1S/C83H134O17P2/c1-5-9-13-17-21-25-29-33-37-38-42-44-48-52-56-60-64-68-81(86)94-74-79(100-83(88)70-66-62-58-54-50-46-41-36-32-28-24-20-16-12-8-4)76-98-102(91,92)96-72-77(84)71-95-101(89,90)97-75-78(99-82(87)69-65-61-57-53-49-45-40-35-31-27-23-19-15-11-7-3)73-93-80(85)67-63-59-55-51-47-43-39-34-30-26-22-18-14-10-6-2/h9-16,21-28,33-37,39-41,50,54,62,66,77-79,84H,5-8,17-20,29-32,38,42-49,51-53,55-61,63-65,67-76H2,1-4H3,(H,89,90)(H,91,92)/b13-9-,14-10-,15-11-,16-12-,25-21-,26-22-,27-23-,28-24-,37-33-,39-34-,40-35-,41-36-,54-50-,66-62-. The summed E-state index contributed by atoms with van der Waals surface area (Å²) in [5.74, 6) is -2.39. The van der Waals surface area contributed by atoms with Crippen LogP contribution in [0.4, 0.5) is 0 Å². The van der Waals surface area contributed by atoms with Gasteiger partial charge in [0.2, 0.25) is 0 Å². The summed E-state index contributed by atoms with van der Waals surface area (Å²) in [5, 5.41) is 10.6. The Kier molecular flexibility index (Phi) is 69.7. The molecule has 0 aliphatic carbocycles. The van der Waals surface area contributed by atoms with Crippen molar-refractivity contribution < 1.29 is 80.2 Å². The minimum absolute atomic E-state index is 0.0631. The number of aliphatic hydroxyl groups is 1. The van der Waals surface area contributed by atoms with Gasteiger partial charge in [-0.05, 0) is 148 Å². The lowest BCUT2D eigenvalue weighted by Gasteiger charge is -2.21. The van der Waals surface area contributed by atoms with Crippen molar-refractivity contribution in [3.05, 3.63) is 170 Å². The molecular weight excluding hydrogens is 1330 g/mol. The molecular formula is C83H134O17P2. The second-order valence-electron chi connectivity index (χ2n) is 24.8. The van der Waals surface area contributed by atoms with Gasteiger partial charge in [0.05, 0.1) is 32.8 Å². The van der Waals surface area contributed by atoms with E-state index in [9.17, 15) is 43.2 Å². The summed E-state index contributed by atoms with van der Waals surface area (Å²) >= 11 is 0. The molecule has 17 nitrogen and oxygen atoms in total. The zero-order chi connectivity index (χ0) is 74.6. The quantitative estimate of drug-likeness (QED) is 0.0169. The molecule has 0 aromatic heterocycles. The fourth-order valence-corrected chi connectivity index (χ4v) is 11.1. The molecule has 0 aliphatic rings. The van der Waals surface area contributed by atoms with Crippen LogP contribution in [0.3, 0.4) is 0 Å². The second-order valence-corrected chi connectivity index (χ2v) is 27.7. The highest BCUT2D eigenvalue weighted by Gasteiger charge is 2.30. The van der Waals surface area contributed by atoms with E-state index in [4.69, 9.17) is 37.0 Å². The average molecular weight is 1470 g/mol. The highest BCUT2D eigenvalue weighted by Crippen LogP contribution is 2.45. The summed E-state index contributed by atoms with van der Waals surface area (Å²) in [6, 6.07) is 0. The van der Waals surface area contributed by atoms with Gasteiger partial charge in [0.25, 0.3) is 0 Å². The third-order valence-electron chi connectivity index (χ3n) is 15.2. The van der Waals surface area contributed by atoms with Gasteiger partial charge in [-0.15, -0.1) is 0 Å². The van der Waals surface area contributed by atoms with Crippen LogP contribution in [0.2, 0.25) is 0 Å². The number of unbranched alkanes of at least 4 members (excludes halogenated alkanes) is 17. The minimum Gasteiger partial charge on any atom is -0.462 e. The molecule has 0 radical (unpaired) electrons. The maximum absolute atomic E-state index is 13.1. The first kappa shape index (κ1) is 96.4. The van der Waals surface area contributed by atoms with Gasteiger partial charge >= 0.3 is 39.5 Å². The second kappa shape index (κ2) is 73.7.